The molecule has 0 aliphatic carbocycles. The largest absolute Gasteiger partial charge is 0.383 e. The van der Waals surface area contributed by atoms with Crippen molar-refractivity contribution in [3.8, 4) is 0 Å². The number of halogens is 1. The average Bonchev–Trinajstić information content (AvgIpc) is 2.64. The first-order valence-electron chi connectivity index (χ1n) is 4.19. The number of thiophene rings is 1. The average molecular weight is 234 g/mol. The smallest absolute Gasteiger partial charge is 0.316 e. The van der Waals surface area contributed by atoms with E-state index >= 15 is 0 Å². The van der Waals surface area contributed by atoms with Crippen LogP contribution in [0, 0.1) is 0 Å². The maximum Gasteiger partial charge on any atom is 0.316 e. The van der Waals surface area contributed by atoms with Crippen molar-refractivity contribution in [2.75, 3.05) is 20.3 Å². The minimum absolute atomic E-state index is 0.435. The molecule has 14 heavy (non-hydrogen) atoms. The zero-order chi connectivity index (χ0) is 10.4. The van der Waals surface area contributed by atoms with Crippen LogP contribution in [0.15, 0.2) is 17.5 Å². The molecule has 0 N–H and O–H groups in total. The van der Waals surface area contributed by atoms with Crippen LogP contribution in [0.5, 0.6) is 0 Å². The quantitative estimate of drug-likeness (QED) is 0.578. The van der Waals surface area contributed by atoms with Gasteiger partial charge in [0, 0.05) is 18.5 Å². The number of carbonyl (C=O) groups is 1. The molecule has 1 heterocycles. The summed E-state index contributed by atoms with van der Waals surface area (Å²) in [7, 11) is 1.60. The van der Waals surface area contributed by atoms with Crippen LogP contribution in [0.4, 0.5) is 4.79 Å². The fourth-order valence-electron chi connectivity index (χ4n) is 1.02. The van der Waals surface area contributed by atoms with Gasteiger partial charge in [-0.05, 0) is 23.0 Å². The molecule has 1 rings (SSSR count). The topological polar surface area (TPSA) is 29.5 Å². The highest BCUT2D eigenvalue weighted by Crippen LogP contribution is 2.12. The zero-order valence-electron chi connectivity index (χ0n) is 7.90. The molecule has 0 bridgehead atoms. The first-order chi connectivity index (χ1) is 6.74. The third-order valence-electron chi connectivity index (χ3n) is 1.74. The van der Waals surface area contributed by atoms with Gasteiger partial charge in [-0.1, -0.05) is 6.07 Å². The Bertz CT molecular complexity index is 276. The molecule has 0 spiro atoms. The summed E-state index contributed by atoms with van der Waals surface area (Å²) < 4.78 is 4.89. The first-order valence-corrected chi connectivity index (χ1v) is 5.45. The van der Waals surface area contributed by atoms with Crippen LogP contribution < -0.4 is 0 Å². The second-order valence-corrected chi connectivity index (χ2v) is 4.10. The maximum atomic E-state index is 11.0. The van der Waals surface area contributed by atoms with Crippen LogP contribution in [-0.2, 0) is 11.3 Å². The lowest BCUT2D eigenvalue weighted by Gasteiger charge is -2.17. The van der Waals surface area contributed by atoms with E-state index in [1.54, 1.807) is 23.3 Å². The maximum absolute atomic E-state index is 11.0. The summed E-state index contributed by atoms with van der Waals surface area (Å²) in [5.74, 6) is 0. The predicted octanol–water partition coefficient (Wildman–Crippen LogP) is 2.56. The molecular formula is C9H12ClNO2S. The molecule has 0 saturated heterocycles. The van der Waals surface area contributed by atoms with E-state index in [0.29, 0.717) is 19.7 Å². The van der Waals surface area contributed by atoms with E-state index in [1.165, 1.54) is 0 Å². The van der Waals surface area contributed by atoms with Gasteiger partial charge >= 0.3 is 5.37 Å². The molecule has 3 nitrogen and oxygen atoms in total. The van der Waals surface area contributed by atoms with Gasteiger partial charge in [0.15, 0.2) is 0 Å². The zero-order valence-corrected chi connectivity index (χ0v) is 9.48. The number of amides is 1. The summed E-state index contributed by atoms with van der Waals surface area (Å²) in [6.07, 6.45) is 0. The first kappa shape index (κ1) is 11.5. The Kier molecular flexibility index (Phi) is 4.93. The van der Waals surface area contributed by atoms with Crippen molar-refractivity contribution in [3.05, 3.63) is 22.4 Å². The van der Waals surface area contributed by atoms with Crippen LogP contribution in [0.3, 0.4) is 0 Å². The van der Waals surface area contributed by atoms with E-state index < -0.39 is 5.37 Å². The molecule has 0 unspecified atom stereocenters. The number of methoxy groups -OCH3 is 1. The van der Waals surface area contributed by atoms with Gasteiger partial charge in [-0.3, -0.25) is 4.79 Å². The Balaban J connectivity index is 2.47. The highest BCUT2D eigenvalue weighted by molar-refractivity contribution is 7.09. The lowest BCUT2D eigenvalue weighted by atomic mass is 10.4. The SMILES string of the molecule is COCCN(Cc1cccs1)C(=O)Cl. The van der Waals surface area contributed by atoms with Gasteiger partial charge in [-0.15, -0.1) is 11.3 Å². The summed E-state index contributed by atoms with van der Waals surface area (Å²) in [6.45, 7) is 1.59. The Hall–Kier alpha value is -0.580. The van der Waals surface area contributed by atoms with Crippen molar-refractivity contribution < 1.29 is 9.53 Å². The molecule has 1 amide bonds. The van der Waals surface area contributed by atoms with Crippen molar-refractivity contribution in [1.82, 2.24) is 4.90 Å². The number of nitrogens with zero attached hydrogens (tertiary/aromatic N) is 1. The number of rotatable bonds is 5. The van der Waals surface area contributed by atoms with Crippen LogP contribution in [0.2, 0.25) is 0 Å². The van der Waals surface area contributed by atoms with E-state index in [-0.39, 0.29) is 0 Å². The second kappa shape index (κ2) is 6.01. The summed E-state index contributed by atoms with van der Waals surface area (Å²) in [5.41, 5.74) is 0. The molecular weight excluding hydrogens is 222 g/mol. The third-order valence-corrected chi connectivity index (χ3v) is 2.84. The van der Waals surface area contributed by atoms with Crippen molar-refractivity contribution in [1.29, 1.82) is 0 Å². The normalized spacial score (nSPS) is 10.1. The van der Waals surface area contributed by atoms with Gasteiger partial charge in [0.1, 0.15) is 0 Å². The van der Waals surface area contributed by atoms with Gasteiger partial charge in [0.25, 0.3) is 0 Å². The molecule has 1 aromatic heterocycles. The Morgan fingerprint density at radius 1 is 1.71 bits per heavy atom. The molecule has 0 aliphatic rings. The number of hydrogen-bond acceptors (Lipinski definition) is 3. The Labute approximate surface area is 92.2 Å². The summed E-state index contributed by atoms with van der Waals surface area (Å²) in [6, 6.07) is 3.93. The van der Waals surface area contributed by atoms with E-state index in [9.17, 15) is 4.79 Å². The molecule has 0 saturated carbocycles. The standard InChI is InChI=1S/C9H12ClNO2S/c1-13-5-4-11(9(10)12)7-8-3-2-6-14-8/h2-3,6H,4-5,7H2,1H3. The Morgan fingerprint density at radius 3 is 3.00 bits per heavy atom. The number of carbonyl (C=O) groups excluding carboxylic acids is 1. The van der Waals surface area contributed by atoms with Crippen LogP contribution >= 0.6 is 22.9 Å². The molecule has 78 valence electrons. The van der Waals surface area contributed by atoms with Gasteiger partial charge in [-0.2, -0.15) is 0 Å². The molecule has 1 aromatic rings. The van der Waals surface area contributed by atoms with Gasteiger partial charge in [0.05, 0.1) is 13.2 Å². The van der Waals surface area contributed by atoms with E-state index in [2.05, 4.69) is 0 Å². The van der Waals surface area contributed by atoms with E-state index in [0.717, 1.165) is 4.88 Å². The van der Waals surface area contributed by atoms with Crippen molar-refractivity contribution in [2.45, 2.75) is 6.54 Å². The minimum atomic E-state index is -0.435. The van der Waals surface area contributed by atoms with Gasteiger partial charge in [-0.25, -0.2) is 0 Å². The molecule has 5 heteroatoms. The fraction of sp³-hybridized carbons (Fsp3) is 0.444. The van der Waals surface area contributed by atoms with Crippen molar-refractivity contribution in [3.63, 3.8) is 0 Å². The van der Waals surface area contributed by atoms with E-state index in [1.807, 2.05) is 17.5 Å². The lowest BCUT2D eigenvalue weighted by molar-refractivity contribution is 0.157. The molecule has 0 fully saturated rings. The summed E-state index contributed by atoms with van der Waals surface area (Å²) >= 11 is 7.04. The fourth-order valence-corrected chi connectivity index (χ4v) is 1.88. The lowest BCUT2D eigenvalue weighted by Crippen LogP contribution is -2.28. The number of hydrogen-bond donors (Lipinski definition) is 0. The summed E-state index contributed by atoms with van der Waals surface area (Å²) in [4.78, 5) is 13.7. The second-order valence-electron chi connectivity index (χ2n) is 2.75. The molecule has 0 aliphatic heterocycles. The molecule has 0 atom stereocenters. The molecule has 0 aromatic carbocycles. The van der Waals surface area contributed by atoms with Crippen molar-refractivity contribution >= 4 is 28.3 Å². The minimum Gasteiger partial charge on any atom is -0.383 e. The molecule has 0 radical (unpaired) electrons. The summed E-state index contributed by atoms with van der Waals surface area (Å²) in [5, 5.41) is 1.54. The highest BCUT2D eigenvalue weighted by atomic mass is 35.5. The van der Waals surface area contributed by atoms with Crippen LogP contribution in [0.1, 0.15) is 4.88 Å². The highest BCUT2D eigenvalue weighted by Gasteiger charge is 2.10. The predicted molar refractivity (Wildman–Crippen MR) is 57.9 cm³/mol. The number of ether oxygens (including phenoxy) is 1. The van der Waals surface area contributed by atoms with Crippen LogP contribution in [-0.4, -0.2) is 30.5 Å². The third kappa shape index (κ3) is 3.65. The van der Waals surface area contributed by atoms with Gasteiger partial charge in [0.2, 0.25) is 0 Å². The monoisotopic (exact) mass is 233 g/mol. The van der Waals surface area contributed by atoms with E-state index in [4.69, 9.17) is 16.3 Å². The van der Waals surface area contributed by atoms with Crippen LogP contribution in [0.25, 0.3) is 0 Å². The van der Waals surface area contributed by atoms with Gasteiger partial charge < -0.3 is 9.64 Å². The Morgan fingerprint density at radius 2 is 2.50 bits per heavy atom. The van der Waals surface area contributed by atoms with Crippen molar-refractivity contribution in [2.24, 2.45) is 0 Å².